The second-order valence-corrected chi connectivity index (χ2v) is 6.97. The highest BCUT2D eigenvalue weighted by Gasteiger charge is 2.15. The number of nitrogens with zero attached hydrogens (tertiary/aromatic N) is 1. The van der Waals surface area contributed by atoms with Gasteiger partial charge in [-0.2, -0.15) is 5.10 Å². The zero-order valence-corrected chi connectivity index (χ0v) is 15.8. The van der Waals surface area contributed by atoms with Crippen molar-refractivity contribution in [2.24, 2.45) is 5.10 Å². The van der Waals surface area contributed by atoms with Gasteiger partial charge in [0.15, 0.2) is 0 Å². The van der Waals surface area contributed by atoms with Crippen LogP contribution in [0, 0.1) is 13.8 Å². The summed E-state index contributed by atoms with van der Waals surface area (Å²) in [6.07, 6.45) is 3.16. The lowest BCUT2D eigenvalue weighted by atomic mass is 9.90. The highest BCUT2D eigenvalue weighted by Crippen LogP contribution is 2.21. The van der Waals surface area contributed by atoms with Gasteiger partial charge in [-0.1, -0.05) is 42.0 Å². The monoisotopic (exact) mass is 363 g/mol. The number of benzene rings is 2. The zero-order chi connectivity index (χ0) is 19.2. The van der Waals surface area contributed by atoms with E-state index >= 15 is 0 Å². The van der Waals surface area contributed by atoms with E-state index in [0.717, 1.165) is 47.4 Å². The molecular weight excluding hydrogens is 338 g/mol. The topological polar surface area (TPSA) is 70.6 Å². The molecule has 0 atom stereocenters. The fourth-order valence-electron chi connectivity index (χ4n) is 3.30. The first-order valence-corrected chi connectivity index (χ1v) is 9.34. The number of hydrogen-bond donors (Lipinski definition) is 2. The van der Waals surface area contributed by atoms with Crippen molar-refractivity contribution in [3.8, 4) is 0 Å². The molecule has 1 aliphatic rings. The fraction of sp³-hybridized carbons (Fsp3) is 0.318. The van der Waals surface area contributed by atoms with Crippen LogP contribution in [0.4, 0.5) is 5.69 Å². The molecule has 0 saturated carbocycles. The molecule has 0 radical (unpaired) electrons. The number of aryl methyl sites for hydroxylation is 3. The first kappa shape index (κ1) is 18.8. The lowest BCUT2D eigenvalue weighted by molar-refractivity contribution is -0.124. The SMILES string of the molecule is Cc1ccc(NC(=O)CCC(=O)N/N=C2\CCCc3ccccc32)c(C)c1. The standard InChI is InChI=1S/C22H25N3O2/c1-15-10-11-19(16(2)14-15)23-21(26)12-13-22(27)25-24-20-9-5-7-17-6-3-4-8-18(17)20/h3-4,6,8,10-11,14H,5,7,9,12-13H2,1-2H3,(H,23,26)(H,25,27)/b24-20+. The van der Waals surface area contributed by atoms with Gasteiger partial charge in [-0.05, 0) is 50.3 Å². The molecule has 0 unspecified atom stereocenters. The average molecular weight is 363 g/mol. The van der Waals surface area contributed by atoms with Crippen LogP contribution in [-0.2, 0) is 16.0 Å². The summed E-state index contributed by atoms with van der Waals surface area (Å²) in [7, 11) is 0. The van der Waals surface area contributed by atoms with Crippen molar-refractivity contribution in [3.05, 3.63) is 64.7 Å². The van der Waals surface area contributed by atoms with E-state index in [0.29, 0.717) is 0 Å². The Morgan fingerprint density at radius 1 is 1.00 bits per heavy atom. The number of hydrazone groups is 1. The fourth-order valence-corrected chi connectivity index (χ4v) is 3.30. The Labute approximate surface area is 159 Å². The van der Waals surface area contributed by atoms with Gasteiger partial charge >= 0.3 is 0 Å². The molecule has 5 nitrogen and oxygen atoms in total. The zero-order valence-electron chi connectivity index (χ0n) is 15.8. The third-order valence-corrected chi connectivity index (χ3v) is 4.74. The van der Waals surface area contributed by atoms with Gasteiger partial charge in [0.25, 0.3) is 0 Å². The first-order valence-electron chi connectivity index (χ1n) is 9.34. The number of anilines is 1. The van der Waals surface area contributed by atoms with Gasteiger partial charge in [-0.15, -0.1) is 0 Å². The van der Waals surface area contributed by atoms with Crippen LogP contribution in [0.5, 0.6) is 0 Å². The molecule has 2 N–H and O–H groups in total. The van der Waals surface area contributed by atoms with Gasteiger partial charge in [0, 0.05) is 24.1 Å². The molecule has 27 heavy (non-hydrogen) atoms. The van der Waals surface area contributed by atoms with Crippen LogP contribution < -0.4 is 10.7 Å². The van der Waals surface area contributed by atoms with Crippen molar-refractivity contribution in [2.75, 3.05) is 5.32 Å². The highest BCUT2D eigenvalue weighted by atomic mass is 16.2. The van der Waals surface area contributed by atoms with Crippen LogP contribution >= 0.6 is 0 Å². The van der Waals surface area contributed by atoms with Gasteiger partial charge in [-0.3, -0.25) is 9.59 Å². The number of hydrogen-bond acceptors (Lipinski definition) is 3. The molecule has 1 aliphatic carbocycles. The molecule has 3 rings (SSSR count). The third-order valence-electron chi connectivity index (χ3n) is 4.74. The normalized spacial score (nSPS) is 14.5. The van der Waals surface area contributed by atoms with E-state index in [1.807, 2.05) is 50.2 Å². The highest BCUT2D eigenvalue weighted by molar-refractivity contribution is 6.03. The van der Waals surface area contributed by atoms with Crippen LogP contribution in [-0.4, -0.2) is 17.5 Å². The Hall–Kier alpha value is -2.95. The molecule has 2 amide bonds. The Bertz CT molecular complexity index is 887. The lowest BCUT2D eigenvalue weighted by Crippen LogP contribution is -2.23. The van der Waals surface area contributed by atoms with Gasteiger partial charge in [0.1, 0.15) is 0 Å². The van der Waals surface area contributed by atoms with E-state index in [4.69, 9.17) is 0 Å². The van der Waals surface area contributed by atoms with Crippen LogP contribution in [0.25, 0.3) is 0 Å². The van der Waals surface area contributed by atoms with Gasteiger partial charge < -0.3 is 5.32 Å². The maximum absolute atomic E-state index is 12.1. The minimum atomic E-state index is -0.249. The Morgan fingerprint density at radius 3 is 2.59 bits per heavy atom. The predicted octanol–water partition coefficient (Wildman–Crippen LogP) is 3.88. The summed E-state index contributed by atoms with van der Waals surface area (Å²) in [6, 6.07) is 14.0. The van der Waals surface area contributed by atoms with Crippen molar-refractivity contribution in [1.29, 1.82) is 0 Å². The van der Waals surface area contributed by atoms with E-state index in [1.165, 1.54) is 5.56 Å². The molecular formula is C22H25N3O2. The number of rotatable bonds is 5. The Balaban J connectivity index is 1.51. The molecule has 5 heteroatoms. The summed E-state index contributed by atoms with van der Waals surface area (Å²) < 4.78 is 0. The van der Waals surface area contributed by atoms with E-state index in [9.17, 15) is 9.59 Å². The number of amides is 2. The molecule has 0 aromatic heterocycles. The Morgan fingerprint density at radius 2 is 1.78 bits per heavy atom. The lowest BCUT2D eigenvalue weighted by Gasteiger charge is -2.17. The molecule has 0 heterocycles. The minimum absolute atomic E-state index is 0.106. The van der Waals surface area contributed by atoms with E-state index in [2.05, 4.69) is 21.9 Å². The maximum Gasteiger partial charge on any atom is 0.240 e. The summed E-state index contributed by atoms with van der Waals surface area (Å²) in [6.45, 7) is 3.96. The number of fused-ring (bicyclic) bond motifs is 1. The second kappa shape index (κ2) is 8.62. The van der Waals surface area contributed by atoms with Crippen molar-refractivity contribution in [2.45, 2.75) is 46.0 Å². The van der Waals surface area contributed by atoms with E-state index in [-0.39, 0.29) is 24.7 Å². The van der Waals surface area contributed by atoms with Crippen LogP contribution in [0.2, 0.25) is 0 Å². The van der Waals surface area contributed by atoms with Gasteiger partial charge in [-0.25, -0.2) is 5.43 Å². The van der Waals surface area contributed by atoms with Crippen molar-refractivity contribution >= 4 is 23.2 Å². The van der Waals surface area contributed by atoms with Crippen LogP contribution in [0.3, 0.4) is 0 Å². The number of carbonyl (C=O) groups excluding carboxylic acids is 2. The molecule has 0 aliphatic heterocycles. The van der Waals surface area contributed by atoms with E-state index < -0.39 is 0 Å². The van der Waals surface area contributed by atoms with Gasteiger partial charge in [0.2, 0.25) is 11.8 Å². The average Bonchev–Trinajstić information content (AvgIpc) is 2.67. The number of carbonyl (C=O) groups is 2. The molecule has 0 spiro atoms. The van der Waals surface area contributed by atoms with Crippen molar-refractivity contribution in [1.82, 2.24) is 5.43 Å². The van der Waals surface area contributed by atoms with Crippen molar-refractivity contribution in [3.63, 3.8) is 0 Å². The van der Waals surface area contributed by atoms with E-state index in [1.54, 1.807) is 0 Å². The maximum atomic E-state index is 12.1. The summed E-state index contributed by atoms with van der Waals surface area (Å²) in [5.41, 5.74) is 8.82. The summed E-state index contributed by atoms with van der Waals surface area (Å²) in [5.74, 6) is -0.422. The number of nitrogens with one attached hydrogen (secondary N) is 2. The quantitative estimate of drug-likeness (QED) is 0.792. The Kier molecular flexibility index (Phi) is 6.01. The van der Waals surface area contributed by atoms with Gasteiger partial charge in [0.05, 0.1) is 5.71 Å². The minimum Gasteiger partial charge on any atom is -0.326 e. The smallest absolute Gasteiger partial charge is 0.240 e. The largest absolute Gasteiger partial charge is 0.326 e. The molecule has 2 aromatic rings. The van der Waals surface area contributed by atoms with Crippen LogP contribution in [0.1, 0.15) is 47.9 Å². The van der Waals surface area contributed by atoms with Crippen molar-refractivity contribution < 1.29 is 9.59 Å². The second-order valence-electron chi connectivity index (χ2n) is 6.97. The summed E-state index contributed by atoms with van der Waals surface area (Å²) in [4.78, 5) is 24.2. The third kappa shape index (κ3) is 5.03. The first-order chi connectivity index (χ1) is 13.0. The van der Waals surface area contributed by atoms with Crippen LogP contribution in [0.15, 0.2) is 47.6 Å². The molecule has 0 bridgehead atoms. The predicted molar refractivity (Wildman–Crippen MR) is 108 cm³/mol. The molecule has 2 aromatic carbocycles. The molecule has 140 valence electrons. The molecule has 0 fully saturated rings. The molecule has 0 saturated heterocycles. The summed E-state index contributed by atoms with van der Waals surface area (Å²) >= 11 is 0. The summed E-state index contributed by atoms with van der Waals surface area (Å²) in [5, 5.41) is 7.15.